The lowest BCUT2D eigenvalue weighted by atomic mass is 9.55. The number of imide groups is 1. The second-order valence-corrected chi connectivity index (χ2v) is 8.32. The number of anilines is 1. The standard InChI is InChI=1S/C26H19NO4/c1-31-26(30)14-7-6-8-15(13-14)27-24(28)22-20-16-9-2-3-10-17(16)21(23(22)25(27)29)19-12-5-4-11-18(19)20/h2-13,20-23H,1H3. The van der Waals surface area contributed by atoms with Crippen molar-refractivity contribution < 1.29 is 19.1 Å². The van der Waals surface area contributed by atoms with Gasteiger partial charge in [-0.25, -0.2) is 9.69 Å². The minimum atomic E-state index is -0.502. The van der Waals surface area contributed by atoms with Gasteiger partial charge < -0.3 is 4.74 Å². The van der Waals surface area contributed by atoms with Crippen LogP contribution in [0, 0.1) is 11.8 Å². The third kappa shape index (κ3) is 2.29. The van der Waals surface area contributed by atoms with Gasteiger partial charge >= 0.3 is 5.97 Å². The van der Waals surface area contributed by atoms with Crippen LogP contribution in [0.25, 0.3) is 0 Å². The SMILES string of the molecule is COC(=O)c1cccc(N2C(=O)C3C4c5ccccc5C(c5ccccc54)C3C2=O)c1. The van der Waals surface area contributed by atoms with Gasteiger partial charge in [0.2, 0.25) is 11.8 Å². The Balaban J connectivity index is 1.51. The molecular formula is C26H19NO4. The molecule has 7 rings (SSSR count). The van der Waals surface area contributed by atoms with Crippen molar-refractivity contribution in [2.75, 3.05) is 12.0 Å². The Kier molecular flexibility index (Phi) is 3.72. The molecule has 31 heavy (non-hydrogen) atoms. The van der Waals surface area contributed by atoms with E-state index in [1.807, 2.05) is 24.3 Å². The maximum atomic E-state index is 13.7. The summed E-state index contributed by atoms with van der Waals surface area (Å²) in [4.78, 5) is 40.7. The number of carbonyl (C=O) groups excluding carboxylic acids is 3. The smallest absolute Gasteiger partial charge is 0.337 e. The van der Waals surface area contributed by atoms with Crippen LogP contribution in [0.5, 0.6) is 0 Å². The molecule has 2 bridgehead atoms. The molecule has 0 spiro atoms. The summed E-state index contributed by atoms with van der Waals surface area (Å²) in [7, 11) is 1.31. The normalized spacial score (nSPS) is 25.1. The minimum absolute atomic E-state index is 0.146. The summed E-state index contributed by atoms with van der Waals surface area (Å²) in [6, 6.07) is 22.8. The number of esters is 1. The fraction of sp³-hybridized carbons (Fsp3) is 0.192. The number of amides is 2. The van der Waals surface area contributed by atoms with E-state index < -0.39 is 17.8 Å². The number of carbonyl (C=O) groups is 3. The lowest BCUT2D eigenvalue weighted by molar-refractivity contribution is -0.122. The van der Waals surface area contributed by atoms with Gasteiger partial charge in [-0.2, -0.15) is 0 Å². The highest BCUT2D eigenvalue weighted by atomic mass is 16.5. The molecule has 2 amide bonds. The Hall–Kier alpha value is -3.73. The summed E-state index contributed by atoms with van der Waals surface area (Å²) in [5, 5.41) is 0. The van der Waals surface area contributed by atoms with E-state index >= 15 is 0 Å². The predicted octanol–water partition coefficient (Wildman–Crippen LogP) is 3.87. The fourth-order valence-electron chi connectivity index (χ4n) is 5.82. The molecule has 0 N–H and O–H groups in total. The lowest BCUT2D eigenvalue weighted by Gasteiger charge is -2.45. The van der Waals surface area contributed by atoms with Gasteiger partial charge in [0, 0.05) is 11.8 Å². The Bertz CT molecular complexity index is 1160. The highest BCUT2D eigenvalue weighted by Gasteiger charge is 2.61. The molecule has 3 aromatic rings. The summed E-state index contributed by atoms with van der Waals surface area (Å²) < 4.78 is 4.80. The van der Waals surface area contributed by atoms with Crippen molar-refractivity contribution in [2.24, 2.45) is 11.8 Å². The highest BCUT2D eigenvalue weighted by Crippen LogP contribution is 2.61. The van der Waals surface area contributed by atoms with Gasteiger partial charge in [0.25, 0.3) is 0 Å². The zero-order valence-electron chi connectivity index (χ0n) is 16.8. The van der Waals surface area contributed by atoms with Crippen molar-refractivity contribution in [1.29, 1.82) is 0 Å². The quantitative estimate of drug-likeness (QED) is 0.476. The molecule has 5 heteroatoms. The molecule has 0 aromatic heterocycles. The van der Waals surface area contributed by atoms with E-state index in [2.05, 4.69) is 24.3 Å². The van der Waals surface area contributed by atoms with Crippen LogP contribution in [0.15, 0.2) is 72.8 Å². The first kappa shape index (κ1) is 18.1. The van der Waals surface area contributed by atoms with E-state index in [0.29, 0.717) is 11.3 Å². The molecule has 1 heterocycles. The van der Waals surface area contributed by atoms with Gasteiger partial charge in [-0.3, -0.25) is 9.59 Å². The van der Waals surface area contributed by atoms with Crippen molar-refractivity contribution in [2.45, 2.75) is 11.8 Å². The maximum Gasteiger partial charge on any atom is 0.337 e. The lowest BCUT2D eigenvalue weighted by Crippen LogP contribution is -2.41. The third-order valence-electron chi connectivity index (χ3n) is 6.97. The first-order valence-electron chi connectivity index (χ1n) is 10.4. The molecule has 2 atom stereocenters. The Morgan fingerprint density at radius 1 is 0.742 bits per heavy atom. The van der Waals surface area contributed by atoms with Gasteiger partial charge in [-0.15, -0.1) is 0 Å². The monoisotopic (exact) mass is 409 g/mol. The van der Waals surface area contributed by atoms with Crippen molar-refractivity contribution in [3.05, 3.63) is 101 Å². The Labute approximate surface area is 179 Å². The Morgan fingerprint density at radius 3 is 1.68 bits per heavy atom. The van der Waals surface area contributed by atoms with Crippen molar-refractivity contribution >= 4 is 23.5 Å². The first-order chi connectivity index (χ1) is 15.1. The number of hydrogen-bond donors (Lipinski definition) is 0. The van der Waals surface area contributed by atoms with E-state index in [4.69, 9.17) is 4.74 Å². The fourth-order valence-corrected chi connectivity index (χ4v) is 5.82. The van der Waals surface area contributed by atoms with Crippen LogP contribution in [-0.4, -0.2) is 24.9 Å². The zero-order chi connectivity index (χ0) is 21.3. The summed E-state index contributed by atoms with van der Waals surface area (Å²) in [5.74, 6) is -2.07. The molecule has 1 saturated heterocycles. The molecule has 1 fully saturated rings. The van der Waals surface area contributed by atoms with Gasteiger partial charge in [0.1, 0.15) is 0 Å². The second-order valence-electron chi connectivity index (χ2n) is 8.32. The topological polar surface area (TPSA) is 63.7 Å². The summed E-state index contributed by atoms with van der Waals surface area (Å²) in [6.45, 7) is 0. The van der Waals surface area contributed by atoms with Gasteiger partial charge in [0.15, 0.2) is 0 Å². The highest BCUT2D eigenvalue weighted by molar-refractivity contribution is 6.23. The van der Waals surface area contributed by atoms with Crippen LogP contribution in [0.2, 0.25) is 0 Å². The molecule has 0 radical (unpaired) electrons. The molecule has 1 aliphatic heterocycles. The molecular weight excluding hydrogens is 390 g/mol. The van der Waals surface area contributed by atoms with Gasteiger partial charge in [0.05, 0.1) is 30.2 Å². The molecule has 0 saturated carbocycles. The molecule has 3 aliphatic carbocycles. The second kappa shape index (κ2) is 6.38. The summed E-state index contributed by atoms with van der Waals surface area (Å²) in [5.41, 5.74) is 5.28. The molecule has 5 nitrogen and oxygen atoms in total. The zero-order valence-corrected chi connectivity index (χ0v) is 16.8. The maximum absolute atomic E-state index is 13.7. The van der Waals surface area contributed by atoms with Crippen LogP contribution in [0.4, 0.5) is 5.69 Å². The van der Waals surface area contributed by atoms with E-state index in [-0.39, 0.29) is 23.7 Å². The van der Waals surface area contributed by atoms with Crippen LogP contribution >= 0.6 is 0 Å². The number of benzene rings is 3. The summed E-state index contributed by atoms with van der Waals surface area (Å²) in [6.07, 6.45) is 0. The molecule has 3 aromatic carbocycles. The van der Waals surface area contributed by atoms with E-state index in [1.54, 1.807) is 24.3 Å². The average Bonchev–Trinajstić information content (AvgIpc) is 3.09. The van der Waals surface area contributed by atoms with Crippen molar-refractivity contribution in [3.8, 4) is 0 Å². The minimum Gasteiger partial charge on any atom is -0.465 e. The number of methoxy groups -OCH3 is 1. The van der Waals surface area contributed by atoms with Crippen LogP contribution in [0.1, 0.15) is 44.4 Å². The van der Waals surface area contributed by atoms with E-state index in [1.165, 1.54) is 12.0 Å². The van der Waals surface area contributed by atoms with Crippen LogP contribution in [-0.2, 0) is 14.3 Å². The van der Waals surface area contributed by atoms with E-state index in [0.717, 1.165) is 22.3 Å². The number of nitrogens with zero attached hydrogens (tertiary/aromatic N) is 1. The predicted molar refractivity (Wildman–Crippen MR) is 114 cm³/mol. The number of ether oxygens (including phenoxy) is 1. The van der Waals surface area contributed by atoms with Gasteiger partial charge in [-0.05, 0) is 40.5 Å². The molecule has 4 aliphatic rings. The number of hydrogen-bond acceptors (Lipinski definition) is 4. The van der Waals surface area contributed by atoms with Crippen LogP contribution in [0.3, 0.4) is 0 Å². The summed E-state index contributed by atoms with van der Waals surface area (Å²) >= 11 is 0. The van der Waals surface area contributed by atoms with Crippen LogP contribution < -0.4 is 4.90 Å². The van der Waals surface area contributed by atoms with E-state index in [9.17, 15) is 14.4 Å². The largest absolute Gasteiger partial charge is 0.465 e. The Morgan fingerprint density at radius 2 is 1.23 bits per heavy atom. The first-order valence-corrected chi connectivity index (χ1v) is 10.4. The van der Waals surface area contributed by atoms with Gasteiger partial charge in [-0.1, -0.05) is 54.6 Å². The van der Waals surface area contributed by atoms with Crippen molar-refractivity contribution in [3.63, 3.8) is 0 Å². The average molecular weight is 409 g/mol. The number of rotatable bonds is 2. The molecule has 152 valence electrons. The third-order valence-corrected chi connectivity index (χ3v) is 6.97. The van der Waals surface area contributed by atoms with Crippen molar-refractivity contribution in [1.82, 2.24) is 0 Å². The molecule has 2 unspecified atom stereocenters.